The van der Waals surface area contributed by atoms with E-state index in [1.165, 1.54) is 11.3 Å². The number of alkyl halides is 1. The molecule has 1 aromatic heterocycles. The smallest absolute Gasteiger partial charge is 0.209 e. The van der Waals surface area contributed by atoms with Crippen LogP contribution in [0.15, 0.2) is 45.1 Å². The van der Waals surface area contributed by atoms with E-state index in [9.17, 15) is 8.42 Å². The zero-order valence-corrected chi connectivity index (χ0v) is 14.6. The number of hydrogen-bond donors (Lipinski definition) is 1. The van der Waals surface area contributed by atoms with E-state index in [0.29, 0.717) is 4.90 Å². The van der Waals surface area contributed by atoms with Crippen LogP contribution in [0, 0.1) is 6.92 Å². The van der Waals surface area contributed by atoms with Crippen molar-refractivity contribution in [2.24, 2.45) is 0 Å². The Kier molecular flexibility index (Phi) is 5.25. The summed E-state index contributed by atoms with van der Waals surface area (Å²) in [5.41, 5.74) is 0.889. The average molecular weight is 395 g/mol. The van der Waals surface area contributed by atoms with Gasteiger partial charge in [0.1, 0.15) is 0 Å². The van der Waals surface area contributed by atoms with Gasteiger partial charge in [-0.15, -0.1) is 22.9 Å². The highest BCUT2D eigenvalue weighted by Gasteiger charge is 2.20. The molecule has 0 fully saturated rings. The highest BCUT2D eigenvalue weighted by atomic mass is 79.9. The molecule has 0 amide bonds. The maximum absolute atomic E-state index is 12.2. The van der Waals surface area contributed by atoms with Crippen LogP contribution in [-0.4, -0.2) is 15.0 Å². The minimum atomic E-state index is -3.53. The van der Waals surface area contributed by atoms with Gasteiger partial charge in [0.15, 0.2) is 0 Å². The van der Waals surface area contributed by atoms with E-state index in [1.807, 2.05) is 30.3 Å². The first kappa shape index (κ1) is 16.0. The van der Waals surface area contributed by atoms with E-state index in [1.54, 1.807) is 13.0 Å². The molecule has 0 radical (unpaired) electrons. The molecule has 0 aliphatic carbocycles. The standard InChI is InChI=1S/C13H13BrClNO2S2/c1-9-12(7-13(14)19-9)20(17,18)16-8-11(15)10-5-3-2-4-6-10/h2-7,11,16H,8H2,1H3. The molecule has 0 spiro atoms. The van der Waals surface area contributed by atoms with Crippen LogP contribution in [-0.2, 0) is 10.0 Å². The Bertz CT molecular complexity index is 686. The zero-order valence-electron chi connectivity index (χ0n) is 10.6. The van der Waals surface area contributed by atoms with E-state index in [2.05, 4.69) is 20.7 Å². The maximum Gasteiger partial charge on any atom is 0.241 e. The van der Waals surface area contributed by atoms with Gasteiger partial charge in [-0.2, -0.15) is 0 Å². The molecule has 0 aliphatic heterocycles. The van der Waals surface area contributed by atoms with Crippen molar-refractivity contribution in [1.82, 2.24) is 4.72 Å². The van der Waals surface area contributed by atoms with Gasteiger partial charge in [0.2, 0.25) is 10.0 Å². The summed E-state index contributed by atoms with van der Waals surface area (Å²) in [6.07, 6.45) is 0. The molecule has 108 valence electrons. The minimum absolute atomic E-state index is 0.154. The van der Waals surface area contributed by atoms with E-state index in [4.69, 9.17) is 11.6 Å². The third kappa shape index (κ3) is 3.83. The van der Waals surface area contributed by atoms with Gasteiger partial charge in [0, 0.05) is 11.4 Å². The van der Waals surface area contributed by atoms with Gasteiger partial charge in [-0.05, 0) is 34.5 Å². The van der Waals surface area contributed by atoms with Gasteiger partial charge in [-0.25, -0.2) is 13.1 Å². The molecule has 1 unspecified atom stereocenters. The van der Waals surface area contributed by atoms with Gasteiger partial charge in [-0.1, -0.05) is 30.3 Å². The first-order valence-electron chi connectivity index (χ1n) is 5.85. The van der Waals surface area contributed by atoms with Crippen LogP contribution in [0.25, 0.3) is 0 Å². The summed E-state index contributed by atoms with van der Waals surface area (Å²) in [4.78, 5) is 1.04. The third-order valence-electron chi connectivity index (χ3n) is 2.75. The first-order valence-corrected chi connectivity index (χ1v) is 9.37. The van der Waals surface area contributed by atoms with E-state index in [-0.39, 0.29) is 6.54 Å². The van der Waals surface area contributed by atoms with E-state index >= 15 is 0 Å². The van der Waals surface area contributed by atoms with E-state index < -0.39 is 15.4 Å². The number of benzene rings is 1. The summed E-state index contributed by atoms with van der Waals surface area (Å²) in [5, 5.41) is -0.395. The van der Waals surface area contributed by atoms with E-state index in [0.717, 1.165) is 14.2 Å². The SMILES string of the molecule is Cc1sc(Br)cc1S(=O)(=O)NCC(Cl)c1ccccc1. The lowest BCUT2D eigenvalue weighted by molar-refractivity contribution is 0.580. The Morgan fingerprint density at radius 2 is 2.00 bits per heavy atom. The normalized spacial score (nSPS) is 13.3. The number of nitrogens with one attached hydrogen (secondary N) is 1. The molecule has 0 aliphatic rings. The molecule has 20 heavy (non-hydrogen) atoms. The lowest BCUT2D eigenvalue weighted by Crippen LogP contribution is -2.27. The fraction of sp³-hybridized carbons (Fsp3) is 0.231. The summed E-state index contributed by atoms with van der Waals surface area (Å²) >= 11 is 10.9. The van der Waals surface area contributed by atoms with Gasteiger partial charge in [0.05, 0.1) is 14.1 Å². The Labute approximate surface area is 136 Å². The molecule has 0 bridgehead atoms. The topological polar surface area (TPSA) is 46.2 Å². The molecule has 7 heteroatoms. The Morgan fingerprint density at radius 1 is 1.35 bits per heavy atom. The quantitative estimate of drug-likeness (QED) is 0.777. The summed E-state index contributed by atoms with van der Waals surface area (Å²) in [7, 11) is -3.53. The van der Waals surface area contributed by atoms with Crippen molar-refractivity contribution in [1.29, 1.82) is 0 Å². The molecule has 3 nitrogen and oxygen atoms in total. The third-order valence-corrected chi connectivity index (χ3v) is 6.38. The molecule has 2 aromatic rings. The van der Waals surface area contributed by atoms with Crippen LogP contribution in [0.1, 0.15) is 15.8 Å². The van der Waals surface area contributed by atoms with Crippen LogP contribution >= 0.6 is 38.9 Å². The number of sulfonamides is 1. The Morgan fingerprint density at radius 3 is 2.55 bits per heavy atom. The van der Waals surface area contributed by atoms with Crippen LogP contribution in [0.4, 0.5) is 0 Å². The predicted molar refractivity (Wildman–Crippen MR) is 87.0 cm³/mol. The zero-order chi connectivity index (χ0) is 14.8. The van der Waals surface area contributed by atoms with Gasteiger partial charge in [-0.3, -0.25) is 0 Å². The van der Waals surface area contributed by atoms with Gasteiger partial charge < -0.3 is 0 Å². The summed E-state index contributed by atoms with van der Waals surface area (Å²) in [6, 6.07) is 11.0. The molecule has 1 N–H and O–H groups in total. The molecule has 1 heterocycles. The molecule has 0 saturated heterocycles. The van der Waals surface area contributed by atoms with Gasteiger partial charge in [0.25, 0.3) is 0 Å². The van der Waals surface area contributed by atoms with Crippen LogP contribution in [0.5, 0.6) is 0 Å². The van der Waals surface area contributed by atoms with Gasteiger partial charge >= 0.3 is 0 Å². The lowest BCUT2D eigenvalue weighted by atomic mass is 10.1. The lowest BCUT2D eigenvalue weighted by Gasteiger charge is -2.11. The fourth-order valence-corrected chi connectivity index (χ4v) is 5.51. The highest BCUT2D eigenvalue weighted by Crippen LogP contribution is 2.30. The Balaban J connectivity index is 2.08. The molecular formula is C13H13BrClNO2S2. The second-order valence-corrected chi connectivity index (χ2v) is 9.10. The van der Waals surface area contributed by atoms with Crippen LogP contribution < -0.4 is 4.72 Å². The Hall–Kier alpha value is -0.400. The highest BCUT2D eigenvalue weighted by molar-refractivity contribution is 9.11. The van der Waals surface area contributed by atoms with Crippen molar-refractivity contribution >= 4 is 48.9 Å². The summed E-state index contributed by atoms with van der Waals surface area (Å²) < 4.78 is 27.8. The fourth-order valence-electron chi connectivity index (χ4n) is 1.74. The number of aryl methyl sites for hydroxylation is 1. The van der Waals surface area contributed by atoms with Crippen molar-refractivity contribution in [2.75, 3.05) is 6.54 Å². The molecule has 1 aromatic carbocycles. The molecule has 0 saturated carbocycles. The van der Waals surface area contributed by atoms with Crippen molar-refractivity contribution in [3.8, 4) is 0 Å². The largest absolute Gasteiger partial charge is 0.241 e. The van der Waals surface area contributed by atoms with Crippen molar-refractivity contribution < 1.29 is 8.42 Å². The number of halogens is 2. The minimum Gasteiger partial charge on any atom is -0.209 e. The molecular weight excluding hydrogens is 382 g/mol. The van der Waals surface area contributed by atoms with Crippen molar-refractivity contribution in [3.05, 3.63) is 50.6 Å². The number of hydrogen-bond acceptors (Lipinski definition) is 3. The average Bonchev–Trinajstić information content (AvgIpc) is 2.77. The number of thiophene rings is 1. The monoisotopic (exact) mass is 393 g/mol. The van der Waals surface area contributed by atoms with Crippen molar-refractivity contribution in [3.63, 3.8) is 0 Å². The number of rotatable bonds is 5. The van der Waals surface area contributed by atoms with Crippen LogP contribution in [0.3, 0.4) is 0 Å². The summed E-state index contributed by atoms with van der Waals surface area (Å²) in [6.45, 7) is 1.93. The maximum atomic E-state index is 12.2. The van der Waals surface area contributed by atoms with Crippen molar-refractivity contribution in [2.45, 2.75) is 17.2 Å². The first-order chi connectivity index (χ1) is 9.40. The van der Waals surface area contributed by atoms with Crippen LogP contribution in [0.2, 0.25) is 0 Å². The second kappa shape index (κ2) is 6.58. The molecule has 2 rings (SSSR count). The predicted octanol–water partition coefficient (Wildman–Crippen LogP) is 4.08. The molecule has 1 atom stereocenters. The summed E-state index contributed by atoms with van der Waals surface area (Å²) in [5.74, 6) is 0. The second-order valence-electron chi connectivity index (χ2n) is 4.20.